The van der Waals surface area contributed by atoms with E-state index in [1.807, 2.05) is 13.0 Å². The Bertz CT molecular complexity index is 444. The number of aryl methyl sites for hydroxylation is 1. The van der Waals surface area contributed by atoms with Gasteiger partial charge in [0.1, 0.15) is 5.82 Å². The lowest BCUT2D eigenvalue weighted by atomic mass is 10.1. The Hall–Kier alpha value is -2.09. The smallest absolute Gasteiger partial charge is 0.254 e. The molecular weight excluding hydrogens is 216 g/mol. The van der Waals surface area contributed by atoms with Gasteiger partial charge in [-0.3, -0.25) is 4.79 Å². The van der Waals surface area contributed by atoms with E-state index in [2.05, 4.69) is 4.98 Å². The zero-order chi connectivity index (χ0) is 13.0. The molecule has 5 heteroatoms. The summed E-state index contributed by atoms with van der Waals surface area (Å²) in [5.41, 5.74) is 6.80. The zero-order valence-electron chi connectivity index (χ0n) is 10.3. The molecular formula is C12H16N4O. The topological polar surface area (TPSA) is 83.0 Å². The summed E-state index contributed by atoms with van der Waals surface area (Å²) in [5, 5.41) is 8.61. The molecule has 90 valence electrons. The van der Waals surface area contributed by atoms with Gasteiger partial charge in [-0.2, -0.15) is 5.26 Å². The van der Waals surface area contributed by atoms with Crippen molar-refractivity contribution in [2.75, 3.05) is 12.8 Å². The third-order valence-corrected chi connectivity index (χ3v) is 2.59. The van der Waals surface area contributed by atoms with Crippen LogP contribution in [0.3, 0.4) is 0 Å². The van der Waals surface area contributed by atoms with Crippen molar-refractivity contribution in [3.8, 4) is 6.07 Å². The van der Waals surface area contributed by atoms with Crippen LogP contribution in [0.25, 0.3) is 0 Å². The zero-order valence-corrected chi connectivity index (χ0v) is 10.3. The van der Waals surface area contributed by atoms with E-state index in [1.165, 1.54) is 4.90 Å². The van der Waals surface area contributed by atoms with Crippen molar-refractivity contribution in [1.82, 2.24) is 9.88 Å². The molecule has 0 aliphatic rings. The maximum absolute atomic E-state index is 12.1. The molecule has 1 rings (SSSR count). The molecule has 0 aromatic carbocycles. The first kappa shape index (κ1) is 13.0. The molecule has 1 heterocycles. The van der Waals surface area contributed by atoms with Gasteiger partial charge in [-0.1, -0.05) is 0 Å². The molecule has 2 N–H and O–H groups in total. The number of nitrogens with zero attached hydrogens (tertiary/aromatic N) is 3. The SMILES string of the molecule is Cc1cc(C(=O)N(C)C(C)CC#N)cc(N)n1. The van der Waals surface area contributed by atoms with Gasteiger partial charge in [-0.05, 0) is 26.0 Å². The number of nitrogen functional groups attached to an aromatic ring is 1. The normalized spacial score (nSPS) is 11.6. The molecule has 0 radical (unpaired) electrons. The molecule has 5 nitrogen and oxygen atoms in total. The van der Waals surface area contributed by atoms with Gasteiger partial charge in [0.2, 0.25) is 0 Å². The maximum atomic E-state index is 12.1. The van der Waals surface area contributed by atoms with Crippen LogP contribution in [0.2, 0.25) is 0 Å². The van der Waals surface area contributed by atoms with Crippen molar-refractivity contribution in [3.05, 3.63) is 23.4 Å². The number of rotatable bonds is 3. The first-order valence-electron chi connectivity index (χ1n) is 5.34. The lowest BCUT2D eigenvalue weighted by Gasteiger charge is -2.23. The molecule has 1 atom stereocenters. The second-order valence-corrected chi connectivity index (χ2v) is 4.05. The number of hydrogen-bond acceptors (Lipinski definition) is 4. The van der Waals surface area contributed by atoms with Crippen LogP contribution in [-0.2, 0) is 0 Å². The van der Waals surface area contributed by atoms with Gasteiger partial charge < -0.3 is 10.6 Å². The number of hydrogen-bond donors (Lipinski definition) is 1. The highest BCUT2D eigenvalue weighted by atomic mass is 16.2. The molecule has 1 aromatic rings. The van der Waals surface area contributed by atoms with E-state index in [-0.39, 0.29) is 11.9 Å². The van der Waals surface area contributed by atoms with Gasteiger partial charge >= 0.3 is 0 Å². The molecule has 0 aliphatic heterocycles. The summed E-state index contributed by atoms with van der Waals surface area (Å²) < 4.78 is 0. The van der Waals surface area contributed by atoms with E-state index >= 15 is 0 Å². The molecule has 0 spiro atoms. The van der Waals surface area contributed by atoms with Crippen molar-refractivity contribution < 1.29 is 4.79 Å². The summed E-state index contributed by atoms with van der Waals surface area (Å²) in [6.45, 7) is 3.62. The number of carbonyl (C=O) groups excluding carboxylic acids is 1. The summed E-state index contributed by atoms with van der Waals surface area (Å²) in [4.78, 5) is 17.6. The van der Waals surface area contributed by atoms with Crippen LogP contribution in [0.15, 0.2) is 12.1 Å². The molecule has 0 aliphatic carbocycles. The molecule has 0 saturated heterocycles. The Balaban J connectivity index is 2.93. The minimum Gasteiger partial charge on any atom is -0.384 e. The van der Waals surface area contributed by atoms with Crippen LogP contribution >= 0.6 is 0 Å². The van der Waals surface area contributed by atoms with Crippen LogP contribution in [0.4, 0.5) is 5.82 Å². The number of pyridine rings is 1. The first-order chi connectivity index (χ1) is 7.95. The monoisotopic (exact) mass is 232 g/mol. The number of aromatic nitrogens is 1. The lowest BCUT2D eigenvalue weighted by Crippen LogP contribution is -2.34. The fraction of sp³-hybridized carbons (Fsp3) is 0.417. The summed E-state index contributed by atoms with van der Waals surface area (Å²) in [6.07, 6.45) is 0.307. The minimum atomic E-state index is -0.148. The second kappa shape index (κ2) is 5.30. The van der Waals surface area contributed by atoms with Crippen LogP contribution < -0.4 is 5.73 Å². The first-order valence-corrected chi connectivity index (χ1v) is 5.34. The number of anilines is 1. The van der Waals surface area contributed by atoms with E-state index in [4.69, 9.17) is 11.0 Å². The quantitative estimate of drug-likeness (QED) is 0.852. The number of amides is 1. The fourth-order valence-electron chi connectivity index (χ4n) is 1.49. The Morgan fingerprint density at radius 1 is 1.65 bits per heavy atom. The van der Waals surface area contributed by atoms with Crippen LogP contribution in [0, 0.1) is 18.3 Å². The summed E-state index contributed by atoms with van der Waals surface area (Å²) in [6, 6.07) is 5.16. The Labute approximate surface area is 101 Å². The third kappa shape index (κ3) is 3.18. The Morgan fingerprint density at radius 3 is 2.82 bits per heavy atom. The average Bonchev–Trinajstić information content (AvgIpc) is 2.26. The van der Waals surface area contributed by atoms with Crippen LogP contribution in [-0.4, -0.2) is 28.9 Å². The molecule has 0 bridgehead atoms. The van der Waals surface area contributed by atoms with Gasteiger partial charge in [0, 0.05) is 24.3 Å². The van der Waals surface area contributed by atoms with Crippen LogP contribution in [0.1, 0.15) is 29.4 Å². The van der Waals surface area contributed by atoms with E-state index in [1.54, 1.807) is 26.1 Å². The van der Waals surface area contributed by atoms with Crippen molar-refractivity contribution in [2.45, 2.75) is 26.3 Å². The number of nitriles is 1. The van der Waals surface area contributed by atoms with E-state index < -0.39 is 0 Å². The van der Waals surface area contributed by atoms with Crippen molar-refractivity contribution in [3.63, 3.8) is 0 Å². The summed E-state index contributed by atoms with van der Waals surface area (Å²) in [7, 11) is 1.68. The lowest BCUT2D eigenvalue weighted by molar-refractivity contribution is 0.0746. The van der Waals surface area contributed by atoms with E-state index in [9.17, 15) is 4.79 Å². The van der Waals surface area contributed by atoms with E-state index in [0.717, 1.165) is 0 Å². The molecule has 1 unspecified atom stereocenters. The third-order valence-electron chi connectivity index (χ3n) is 2.59. The molecule has 0 saturated carbocycles. The van der Waals surface area contributed by atoms with Crippen molar-refractivity contribution >= 4 is 11.7 Å². The van der Waals surface area contributed by atoms with Crippen molar-refractivity contribution in [2.24, 2.45) is 0 Å². The number of nitrogens with two attached hydrogens (primary N) is 1. The van der Waals surface area contributed by atoms with Crippen molar-refractivity contribution in [1.29, 1.82) is 5.26 Å². The van der Waals surface area contributed by atoms with Gasteiger partial charge in [0.25, 0.3) is 5.91 Å². The van der Waals surface area contributed by atoms with Gasteiger partial charge in [-0.15, -0.1) is 0 Å². The molecule has 0 fully saturated rings. The highest BCUT2D eigenvalue weighted by molar-refractivity contribution is 5.95. The van der Waals surface area contributed by atoms with E-state index in [0.29, 0.717) is 23.5 Å². The maximum Gasteiger partial charge on any atom is 0.254 e. The predicted octanol–water partition coefficient (Wildman–Crippen LogP) is 1.35. The minimum absolute atomic E-state index is 0.123. The largest absolute Gasteiger partial charge is 0.384 e. The highest BCUT2D eigenvalue weighted by Crippen LogP contribution is 2.12. The van der Waals surface area contributed by atoms with Gasteiger partial charge in [-0.25, -0.2) is 4.98 Å². The number of carbonyl (C=O) groups is 1. The molecule has 1 aromatic heterocycles. The van der Waals surface area contributed by atoms with Gasteiger partial charge in [0.15, 0.2) is 0 Å². The summed E-state index contributed by atoms with van der Waals surface area (Å²) in [5.74, 6) is 0.180. The van der Waals surface area contributed by atoms with Crippen LogP contribution in [0.5, 0.6) is 0 Å². The second-order valence-electron chi connectivity index (χ2n) is 4.05. The Morgan fingerprint density at radius 2 is 2.29 bits per heavy atom. The van der Waals surface area contributed by atoms with Gasteiger partial charge in [0.05, 0.1) is 12.5 Å². The summed E-state index contributed by atoms with van der Waals surface area (Å²) >= 11 is 0. The Kier molecular flexibility index (Phi) is 4.05. The molecule has 17 heavy (non-hydrogen) atoms. The highest BCUT2D eigenvalue weighted by Gasteiger charge is 2.17. The molecule has 1 amide bonds. The predicted molar refractivity (Wildman–Crippen MR) is 65.2 cm³/mol. The fourth-order valence-corrected chi connectivity index (χ4v) is 1.49. The average molecular weight is 232 g/mol. The standard InChI is InChI=1S/C12H16N4O/c1-8-6-10(7-11(14)15-8)12(17)16(3)9(2)4-5-13/h6-7,9H,4H2,1-3H3,(H2,14,15).